The van der Waals surface area contributed by atoms with Gasteiger partial charge < -0.3 is 9.47 Å². The number of rotatable bonds is 5. The molecule has 0 unspecified atom stereocenters. The van der Waals surface area contributed by atoms with Crippen LogP contribution in [0.1, 0.15) is 36.4 Å². The maximum Gasteiger partial charge on any atom is 0.322 e. The van der Waals surface area contributed by atoms with Crippen LogP contribution in [-0.2, 0) is 16.1 Å². The fraction of sp³-hybridized carbons (Fsp3) is 0.350. The molecule has 2 aromatic rings. The van der Waals surface area contributed by atoms with Crippen molar-refractivity contribution in [3.8, 4) is 5.75 Å². The summed E-state index contributed by atoms with van der Waals surface area (Å²) in [5, 5.41) is 3.34. The molecule has 0 aliphatic carbocycles. The number of hydrogen-bond acceptors (Lipinski definition) is 4. The summed E-state index contributed by atoms with van der Waals surface area (Å²) < 4.78 is 24.1. The van der Waals surface area contributed by atoms with E-state index in [9.17, 15) is 9.18 Å². The second kappa shape index (κ2) is 8.12. The molecule has 0 spiro atoms. The number of benzene rings is 2. The van der Waals surface area contributed by atoms with Crippen molar-refractivity contribution < 1.29 is 18.7 Å². The van der Waals surface area contributed by atoms with Crippen LogP contribution in [0, 0.1) is 5.82 Å². The molecule has 3 rings (SSSR count). The Morgan fingerprint density at radius 2 is 1.92 bits per heavy atom. The maximum absolute atomic E-state index is 13.6. The number of methoxy groups -OCH3 is 1. The third-order valence-electron chi connectivity index (χ3n) is 4.51. The summed E-state index contributed by atoms with van der Waals surface area (Å²) in [6, 6.07) is 14.2. The normalized spacial score (nSPS) is 20.1. The fourth-order valence-electron chi connectivity index (χ4n) is 3.10. The lowest BCUT2D eigenvalue weighted by molar-refractivity contribution is -0.144. The van der Waals surface area contributed by atoms with Crippen molar-refractivity contribution in [2.24, 2.45) is 0 Å². The molecule has 5 heteroatoms. The summed E-state index contributed by atoms with van der Waals surface area (Å²) in [7, 11) is 1.41. The number of carbonyl (C=O) groups excluding carboxylic acids is 1. The highest BCUT2D eigenvalue weighted by molar-refractivity contribution is 5.75. The molecular weight excluding hydrogens is 321 g/mol. The van der Waals surface area contributed by atoms with E-state index in [4.69, 9.17) is 9.47 Å². The van der Waals surface area contributed by atoms with Crippen LogP contribution in [0.25, 0.3) is 0 Å². The minimum Gasteiger partial charge on any atom is -0.489 e. The van der Waals surface area contributed by atoms with E-state index in [2.05, 4.69) is 5.32 Å². The summed E-state index contributed by atoms with van der Waals surface area (Å²) in [5.41, 5.74) is 1.63. The minimum atomic E-state index is -0.264. The van der Waals surface area contributed by atoms with Gasteiger partial charge in [0.05, 0.1) is 7.11 Å². The van der Waals surface area contributed by atoms with E-state index in [1.165, 1.54) is 13.2 Å². The van der Waals surface area contributed by atoms with Crippen molar-refractivity contribution in [2.75, 3.05) is 7.11 Å². The summed E-state index contributed by atoms with van der Waals surface area (Å²) in [6.45, 7) is 0.193. The van der Waals surface area contributed by atoms with Crippen LogP contribution in [0.2, 0.25) is 0 Å². The first kappa shape index (κ1) is 17.4. The largest absolute Gasteiger partial charge is 0.489 e. The van der Waals surface area contributed by atoms with Crippen LogP contribution < -0.4 is 10.1 Å². The molecule has 0 saturated carbocycles. The van der Waals surface area contributed by atoms with Gasteiger partial charge in [0.15, 0.2) is 0 Å². The predicted molar refractivity (Wildman–Crippen MR) is 92.7 cm³/mol. The van der Waals surface area contributed by atoms with Gasteiger partial charge in [0, 0.05) is 11.6 Å². The van der Waals surface area contributed by atoms with Crippen LogP contribution in [0.4, 0.5) is 4.39 Å². The van der Waals surface area contributed by atoms with Crippen molar-refractivity contribution in [1.29, 1.82) is 0 Å². The van der Waals surface area contributed by atoms with Gasteiger partial charge in [-0.05, 0) is 43.0 Å². The van der Waals surface area contributed by atoms with E-state index >= 15 is 0 Å². The summed E-state index contributed by atoms with van der Waals surface area (Å²) in [5.74, 6) is 0.209. The highest BCUT2D eigenvalue weighted by Gasteiger charge is 2.27. The predicted octanol–water partition coefficient (Wildman–Crippen LogP) is 3.76. The van der Waals surface area contributed by atoms with Gasteiger partial charge in [0.25, 0.3) is 0 Å². The van der Waals surface area contributed by atoms with E-state index in [0.29, 0.717) is 11.3 Å². The van der Waals surface area contributed by atoms with E-state index in [0.717, 1.165) is 24.8 Å². The number of halogens is 1. The van der Waals surface area contributed by atoms with E-state index < -0.39 is 0 Å². The van der Waals surface area contributed by atoms with Crippen molar-refractivity contribution in [3.05, 3.63) is 65.5 Å². The third kappa shape index (κ3) is 4.37. The number of esters is 1. The molecule has 4 nitrogen and oxygen atoms in total. The van der Waals surface area contributed by atoms with Gasteiger partial charge in [0.2, 0.25) is 0 Å². The molecule has 0 amide bonds. The molecule has 1 heterocycles. The van der Waals surface area contributed by atoms with Crippen molar-refractivity contribution in [2.45, 2.75) is 38.0 Å². The zero-order valence-electron chi connectivity index (χ0n) is 14.2. The fourth-order valence-corrected chi connectivity index (χ4v) is 3.10. The van der Waals surface area contributed by atoms with Crippen molar-refractivity contribution >= 4 is 5.97 Å². The Morgan fingerprint density at radius 3 is 2.64 bits per heavy atom. The lowest BCUT2D eigenvalue weighted by Gasteiger charge is -2.29. The third-order valence-corrected chi connectivity index (χ3v) is 4.51. The molecule has 0 radical (unpaired) electrons. The van der Waals surface area contributed by atoms with Gasteiger partial charge in [-0.15, -0.1) is 0 Å². The molecule has 1 fully saturated rings. The maximum atomic E-state index is 13.6. The molecule has 2 aromatic carbocycles. The second-order valence-corrected chi connectivity index (χ2v) is 6.18. The van der Waals surface area contributed by atoms with Crippen LogP contribution in [0.15, 0.2) is 48.5 Å². The van der Waals surface area contributed by atoms with E-state index in [1.807, 2.05) is 24.3 Å². The molecule has 25 heavy (non-hydrogen) atoms. The molecule has 1 aliphatic heterocycles. The summed E-state index contributed by atoms with van der Waals surface area (Å²) >= 11 is 0. The number of ether oxygens (including phenoxy) is 2. The standard InChI is InChI=1S/C20H22FNO3/c1-24-20(23)19-8-4-7-18(22-19)14-9-11-16(12-10-14)25-13-15-5-2-3-6-17(15)21/h2-3,5-6,9-12,18-19,22H,4,7-8,13H2,1H3/t18-,19+/m1/s1. The van der Waals surface area contributed by atoms with Gasteiger partial charge in [-0.1, -0.05) is 30.3 Å². The average Bonchev–Trinajstić information content (AvgIpc) is 2.67. The van der Waals surface area contributed by atoms with Crippen molar-refractivity contribution in [3.63, 3.8) is 0 Å². The molecule has 1 aliphatic rings. The average molecular weight is 343 g/mol. The first-order valence-corrected chi connectivity index (χ1v) is 8.47. The van der Waals surface area contributed by atoms with Gasteiger partial charge >= 0.3 is 5.97 Å². The minimum absolute atomic E-state index is 0.124. The smallest absolute Gasteiger partial charge is 0.322 e. The van der Waals surface area contributed by atoms with E-state index in [1.54, 1.807) is 18.2 Å². The van der Waals surface area contributed by atoms with Crippen LogP contribution in [0.3, 0.4) is 0 Å². The topological polar surface area (TPSA) is 47.6 Å². The quantitative estimate of drug-likeness (QED) is 0.840. The highest BCUT2D eigenvalue weighted by atomic mass is 19.1. The Morgan fingerprint density at radius 1 is 1.16 bits per heavy atom. The molecule has 2 atom stereocenters. The zero-order valence-corrected chi connectivity index (χ0v) is 14.2. The van der Waals surface area contributed by atoms with Gasteiger partial charge in [-0.2, -0.15) is 0 Å². The summed E-state index contributed by atoms with van der Waals surface area (Å²) in [4.78, 5) is 11.7. The van der Waals surface area contributed by atoms with E-state index in [-0.39, 0.29) is 30.5 Å². The van der Waals surface area contributed by atoms with Gasteiger partial charge in [-0.3, -0.25) is 10.1 Å². The SMILES string of the molecule is COC(=O)[C@@H]1CCC[C@H](c2ccc(OCc3ccccc3F)cc2)N1. The number of carbonyl (C=O) groups is 1. The summed E-state index contributed by atoms with van der Waals surface area (Å²) in [6.07, 6.45) is 2.75. The zero-order chi connectivity index (χ0) is 17.6. The Bertz CT molecular complexity index is 717. The van der Waals surface area contributed by atoms with Gasteiger partial charge in [-0.25, -0.2) is 4.39 Å². The molecular formula is C20H22FNO3. The molecule has 1 N–H and O–H groups in total. The number of hydrogen-bond donors (Lipinski definition) is 1. The van der Waals surface area contributed by atoms with Crippen LogP contribution in [0.5, 0.6) is 5.75 Å². The number of piperidine rings is 1. The molecule has 0 aromatic heterocycles. The monoisotopic (exact) mass is 343 g/mol. The Labute approximate surface area is 147 Å². The Balaban J connectivity index is 1.60. The van der Waals surface area contributed by atoms with Crippen molar-refractivity contribution in [1.82, 2.24) is 5.32 Å². The first-order chi connectivity index (χ1) is 12.2. The highest BCUT2D eigenvalue weighted by Crippen LogP contribution is 2.27. The molecule has 0 bridgehead atoms. The van der Waals surface area contributed by atoms with Gasteiger partial charge in [0.1, 0.15) is 24.2 Å². The molecule has 1 saturated heterocycles. The number of nitrogens with one attached hydrogen (secondary N) is 1. The lowest BCUT2D eigenvalue weighted by Crippen LogP contribution is -2.43. The van der Waals surface area contributed by atoms with Crippen LogP contribution >= 0.6 is 0 Å². The molecule has 132 valence electrons. The Kier molecular flexibility index (Phi) is 5.66. The lowest BCUT2D eigenvalue weighted by atomic mass is 9.93. The second-order valence-electron chi connectivity index (χ2n) is 6.18. The van der Waals surface area contributed by atoms with Crippen LogP contribution in [-0.4, -0.2) is 19.1 Å². The Hall–Kier alpha value is -2.40. The first-order valence-electron chi connectivity index (χ1n) is 8.47.